The molecule has 3 N–H and O–H groups in total. The van der Waals surface area contributed by atoms with E-state index in [1.165, 1.54) is 6.07 Å². The number of para-hydroxylation sites is 2. The topological polar surface area (TPSA) is 106 Å². The zero-order valence-corrected chi connectivity index (χ0v) is 26.7. The summed E-state index contributed by atoms with van der Waals surface area (Å²) in [6, 6.07) is 18.1. The van der Waals surface area contributed by atoms with Crippen molar-refractivity contribution < 1.29 is 23.5 Å². The Morgan fingerprint density at radius 2 is 1.53 bits per heavy atom. The molecule has 0 spiro atoms. The number of likely N-dealkylation sites (N-methyl/N-ethyl adjacent to an activating group) is 1. The third-order valence-electron chi connectivity index (χ3n) is 7.38. The normalized spacial score (nSPS) is 14.0. The molecule has 0 bridgehead atoms. The van der Waals surface area contributed by atoms with Crippen molar-refractivity contribution >= 4 is 35.1 Å². The molecule has 0 aliphatic carbocycles. The van der Waals surface area contributed by atoms with Crippen LogP contribution in [0.4, 0.5) is 31.0 Å². The van der Waals surface area contributed by atoms with Crippen molar-refractivity contribution in [3.05, 3.63) is 89.2 Å². The number of carbonyl (C=O) groups excluding carboxylic acids is 3. The summed E-state index contributed by atoms with van der Waals surface area (Å²) in [6.45, 7) is 12.3. The van der Waals surface area contributed by atoms with Gasteiger partial charge in [0, 0.05) is 57.1 Å². The van der Waals surface area contributed by atoms with E-state index in [1.807, 2.05) is 12.1 Å². The van der Waals surface area contributed by atoms with Crippen LogP contribution in [0.15, 0.2) is 66.7 Å². The molecule has 240 valence electrons. The molecule has 0 saturated carbocycles. The minimum absolute atomic E-state index is 0.286. The van der Waals surface area contributed by atoms with Crippen LogP contribution in [-0.4, -0.2) is 84.6 Å². The Bertz CT molecular complexity index is 1480. The second kappa shape index (κ2) is 15.0. The van der Waals surface area contributed by atoms with E-state index >= 15 is 0 Å². The van der Waals surface area contributed by atoms with Gasteiger partial charge < -0.3 is 25.2 Å². The zero-order chi connectivity index (χ0) is 32.6. The minimum atomic E-state index is -0.662. The molecule has 0 atom stereocenters. The number of nitrogens with zero attached hydrogens (tertiary/aromatic N) is 3. The number of piperazine rings is 1. The Balaban J connectivity index is 1.42. The van der Waals surface area contributed by atoms with Crippen molar-refractivity contribution in [1.82, 2.24) is 14.7 Å². The van der Waals surface area contributed by atoms with Crippen LogP contribution in [-0.2, 0) is 11.3 Å². The van der Waals surface area contributed by atoms with Crippen LogP contribution in [0.5, 0.6) is 0 Å². The van der Waals surface area contributed by atoms with Crippen LogP contribution in [0.1, 0.15) is 42.3 Å². The molecule has 1 fully saturated rings. The van der Waals surface area contributed by atoms with Crippen molar-refractivity contribution in [2.24, 2.45) is 0 Å². The summed E-state index contributed by atoms with van der Waals surface area (Å²) in [5.41, 5.74) is 2.43. The number of rotatable bonds is 9. The lowest BCUT2D eigenvalue weighted by Crippen LogP contribution is -2.48. The molecular weight excluding hydrogens is 575 g/mol. The first-order valence-corrected chi connectivity index (χ1v) is 15.1. The first-order valence-electron chi connectivity index (χ1n) is 15.1. The number of amides is 4. The number of hydrogen-bond acceptors (Lipinski definition) is 6. The summed E-state index contributed by atoms with van der Waals surface area (Å²) in [5.74, 6) is -0.678. The third-order valence-corrected chi connectivity index (χ3v) is 7.38. The highest BCUT2D eigenvalue weighted by molar-refractivity contribution is 6.06. The van der Waals surface area contributed by atoms with Crippen molar-refractivity contribution in [2.75, 3.05) is 62.3 Å². The second-order valence-corrected chi connectivity index (χ2v) is 12.3. The van der Waals surface area contributed by atoms with Crippen molar-refractivity contribution in [2.45, 2.75) is 39.8 Å². The summed E-state index contributed by atoms with van der Waals surface area (Å²) in [5, 5.41) is 8.44. The molecule has 1 heterocycles. The van der Waals surface area contributed by atoms with E-state index in [4.69, 9.17) is 4.74 Å². The maximum atomic E-state index is 13.8. The number of halogens is 1. The van der Waals surface area contributed by atoms with E-state index < -0.39 is 11.7 Å². The molecule has 4 rings (SSSR count). The number of ether oxygens (including phenoxy) is 1. The van der Waals surface area contributed by atoms with Gasteiger partial charge in [0.15, 0.2) is 0 Å². The largest absolute Gasteiger partial charge is 0.444 e. The van der Waals surface area contributed by atoms with Gasteiger partial charge in [0.25, 0.3) is 5.91 Å². The SMILES string of the molecule is Cc1cc(NC(=O)N(CCN2CCN(C)CC2)Cc2ccc(C(=O)Nc3ccccc3NC(=O)OC(C)(C)C)cc2)ccc1F. The number of urea groups is 1. The van der Waals surface area contributed by atoms with Gasteiger partial charge in [-0.2, -0.15) is 0 Å². The monoisotopic (exact) mass is 618 g/mol. The Hall–Kier alpha value is -4.48. The fourth-order valence-electron chi connectivity index (χ4n) is 4.80. The van der Waals surface area contributed by atoms with Crippen LogP contribution in [0.3, 0.4) is 0 Å². The maximum absolute atomic E-state index is 13.8. The van der Waals surface area contributed by atoms with Crippen LogP contribution in [0.2, 0.25) is 0 Å². The number of aryl methyl sites for hydroxylation is 1. The quantitative estimate of drug-likeness (QED) is 0.271. The minimum Gasteiger partial charge on any atom is -0.444 e. The summed E-state index contributed by atoms with van der Waals surface area (Å²) in [6.07, 6.45) is -0.621. The van der Waals surface area contributed by atoms with Gasteiger partial charge in [-0.15, -0.1) is 0 Å². The number of carbonyl (C=O) groups is 3. The van der Waals surface area contributed by atoms with Crippen LogP contribution in [0, 0.1) is 12.7 Å². The summed E-state index contributed by atoms with van der Waals surface area (Å²) >= 11 is 0. The Labute approximate surface area is 264 Å². The van der Waals surface area contributed by atoms with Crippen LogP contribution >= 0.6 is 0 Å². The number of benzene rings is 3. The van der Waals surface area contributed by atoms with Crippen molar-refractivity contribution in [3.63, 3.8) is 0 Å². The molecule has 4 amide bonds. The van der Waals surface area contributed by atoms with Gasteiger partial charge in [-0.1, -0.05) is 24.3 Å². The van der Waals surface area contributed by atoms with Gasteiger partial charge in [-0.3, -0.25) is 15.0 Å². The summed E-state index contributed by atoms with van der Waals surface area (Å²) < 4.78 is 19.1. The average molecular weight is 619 g/mol. The van der Waals surface area contributed by atoms with Gasteiger partial charge in [0.05, 0.1) is 11.4 Å². The van der Waals surface area contributed by atoms with Gasteiger partial charge in [0.2, 0.25) is 0 Å². The van der Waals surface area contributed by atoms with E-state index in [0.29, 0.717) is 41.3 Å². The molecule has 0 aromatic heterocycles. The molecule has 1 aliphatic heterocycles. The standard InChI is InChI=1S/C34H43FN6O4/c1-24-22-27(14-15-28(24)35)36-32(43)41(21-20-40-18-16-39(5)17-19-40)23-25-10-12-26(13-11-25)31(42)37-29-8-6-7-9-30(29)38-33(44)45-34(2,3)4/h6-15,22H,16-21,23H2,1-5H3,(H,36,43)(H,37,42)(H,38,44). The second-order valence-electron chi connectivity index (χ2n) is 12.3. The van der Waals surface area contributed by atoms with E-state index in [1.54, 1.807) is 81.1 Å². The Morgan fingerprint density at radius 1 is 0.889 bits per heavy atom. The van der Waals surface area contributed by atoms with Crippen LogP contribution < -0.4 is 16.0 Å². The van der Waals surface area contributed by atoms with Crippen LogP contribution in [0.25, 0.3) is 0 Å². The van der Waals surface area contributed by atoms with Gasteiger partial charge >= 0.3 is 12.1 Å². The van der Waals surface area contributed by atoms with Gasteiger partial charge in [-0.05, 0) is 88.3 Å². The fraction of sp³-hybridized carbons (Fsp3) is 0.382. The molecule has 0 unspecified atom stereocenters. The molecule has 10 nitrogen and oxygen atoms in total. The first-order chi connectivity index (χ1) is 21.4. The zero-order valence-electron chi connectivity index (χ0n) is 26.7. The highest BCUT2D eigenvalue weighted by atomic mass is 19.1. The lowest BCUT2D eigenvalue weighted by Gasteiger charge is -2.34. The molecule has 3 aromatic rings. The first kappa shape index (κ1) is 33.4. The smallest absolute Gasteiger partial charge is 0.412 e. The molecule has 3 aromatic carbocycles. The molecule has 11 heteroatoms. The van der Waals surface area contributed by atoms with E-state index in [-0.39, 0.29) is 17.8 Å². The molecular formula is C34H43FN6O4. The van der Waals surface area contributed by atoms with E-state index in [2.05, 4.69) is 32.8 Å². The number of hydrogen-bond donors (Lipinski definition) is 3. The highest BCUT2D eigenvalue weighted by Crippen LogP contribution is 2.23. The predicted octanol–water partition coefficient (Wildman–Crippen LogP) is 6.01. The summed E-state index contributed by atoms with van der Waals surface area (Å²) in [7, 11) is 2.10. The lowest BCUT2D eigenvalue weighted by molar-refractivity contribution is 0.0635. The van der Waals surface area contributed by atoms with Crippen molar-refractivity contribution in [3.8, 4) is 0 Å². The predicted molar refractivity (Wildman–Crippen MR) is 175 cm³/mol. The van der Waals surface area contributed by atoms with Crippen molar-refractivity contribution in [1.29, 1.82) is 0 Å². The molecule has 1 saturated heterocycles. The average Bonchev–Trinajstić information content (AvgIpc) is 2.98. The Morgan fingerprint density at radius 3 is 2.16 bits per heavy atom. The summed E-state index contributed by atoms with van der Waals surface area (Å²) in [4.78, 5) is 45.1. The maximum Gasteiger partial charge on any atom is 0.412 e. The highest BCUT2D eigenvalue weighted by Gasteiger charge is 2.20. The van der Waals surface area contributed by atoms with Gasteiger partial charge in [-0.25, -0.2) is 14.0 Å². The molecule has 45 heavy (non-hydrogen) atoms. The molecule has 1 aliphatic rings. The number of anilines is 3. The van der Waals surface area contributed by atoms with E-state index in [0.717, 1.165) is 38.3 Å². The molecule has 0 radical (unpaired) electrons. The van der Waals surface area contributed by atoms with Gasteiger partial charge in [0.1, 0.15) is 11.4 Å². The fourth-order valence-corrected chi connectivity index (χ4v) is 4.80. The third kappa shape index (κ3) is 10.3. The lowest BCUT2D eigenvalue weighted by atomic mass is 10.1. The Kier molecular flexibility index (Phi) is 11.1. The number of nitrogens with one attached hydrogen (secondary N) is 3. The van der Waals surface area contributed by atoms with E-state index in [9.17, 15) is 18.8 Å².